The smallest absolute Gasteiger partial charge is 0.101 e. The molecule has 1 unspecified atom stereocenters. The van der Waals surface area contributed by atoms with Crippen LogP contribution in [0, 0.1) is 0 Å². The van der Waals surface area contributed by atoms with Gasteiger partial charge >= 0.3 is 0 Å². The Balaban J connectivity index is 2.19. The van der Waals surface area contributed by atoms with Gasteiger partial charge in [0, 0.05) is 25.5 Å². The molecule has 1 aliphatic heterocycles. The molecule has 1 heterocycles. The molecule has 0 bridgehead atoms. The van der Waals surface area contributed by atoms with E-state index < -0.39 is 0 Å². The van der Waals surface area contributed by atoms with Crippen LogP contribution < -0.4 is 0 Å². The van der Waals surface area contributed by atoms with Gasteiger partial charge in [0.25, 0.3) is 0 Å². The van der Waals surface area contributed by atoms with E-state index in [0.717, 1.165) is 0 Å². The first-order valence-electron chi connectivity index (χ1n) is 17.0. The molecular formula is C34H68N2. The molecule has 36 heavy (non-hydrogen) atoms. The number of rotatable bonds is 28. The Kier molecular flexibility index (Phi) is 24.1. The van der Waals surface area contributed by atoms with Crippen LogP contribution >= 0.6 is 0 Å². The molecule has 1 aliphatic rings. The molecule has 1 rings (SSSR count). The fourth-order valence-corrected chi connectivity index (χ4v) is 5.83. The van der Waals surface area contributed by atoms with Crippen molar-refractivity contribution in [3.63, 3.8) is 0 Å². The molecule has 1 atom stereocenters. The summed E-state index contributed by atoms with van der Waals surface area (Å²) in [7, 11) is 0. The molecule has 0 saturated heterocycles. The van der Waals surface area contributed by atoms with E-state index >= 15 is 0 Å². The van der Waals surface area contributed by atoms with Crippen LogP contribution in [-0.4, -0.2) is 29.1 Å². The van der Waals surface area contributed by atoms with Crippen LogP contribution in [0.2, 0.25) is 0 Å². The minimum atomic E-state index is 0.643. The average molecular weight is 505 g/mol. The van der Waals surface area contributed by atoms with Crippen molar-refractivity contribution >= 4 is 0 Å². The maximum Gasteiger partial charge on any atom is 0.101 e. The fourth-order valence-electron chi connectivity index (χ4n) is 5.83. The predicted molar refractivity (Wildman–Crippen MR) is 163 cm³/mol. The van der Waals surface area contributed by atoms with Gasteiger partial charge in [-0.25, -0.2) is 0 Å². The van der Waals surface area contributed by atoms with Gasteiger partial charge in [-0.3, -0.25) is 0 Å². The van der Waals surface area contributed by atoms with Crippen LogP contribution in [0.4, 0.5) is 0 Å². The first-order chi connectivity index (χ1) is 17.8. The van der Waals surface area contributed by atoms with Gasteiger partial charge in [0.15, 0.2) is 0 Å². The molecule has 214 valence electrons. The van der Waals surface area contributed by atoms with Gasteiger partial charge in [0.05, 0.1) is 0 Å². The maximum absolute atomic E-state index is 2.70. The lowest BCUT2D eigenvalue weighted by Gasteiger charge is -2.33. The average Bonchev–Trinajstić information content (AvgIpc) is 3.27. The summed E-state index contributed by atoms with van der Waals surface area (Å²) in [4.78, 5) is 5.39. The second kappa shape index (κ2) is 26.0. The second-order valence-electron chi connectivity index (χ2n) is 11.8. The van der Waals surface area contributed by atoms with Crippen LogP contribution in [-0.2, 0) is 0 Å². The van der Waals surface area contributed by atoms with E-state index in [0.29, 0.717) is 6.17 Å². The Morgan fingerprint density at radius 2 is 0.639 bits per heavy atom. The van der Waals surface area contributed by atoms with Crippen molar-refractivity contribution in [2.75, 3.05) is 13.1 Å². The molecule has 2 nitrogen and oxygen atoms in total. The monoisotopic (exact) mass is 505 g/mol. The molecule has 0 fully saturated rings. The van der Waals surface area contributed by atoms with Crippen LogP contribution in [0.15, 0.2) is 12.4 Å². The lowest BCUT2D eigenvalue weighted by atomic mass is 10.0. The Hall–Kier alpha value is -0.660. The quantitative estimate of drug-likeness (QED) is 0.0977. The molecule has 2 heteroatoms. The summed E-state index contributed by atoms with van der Waals surface area (Å²) in [5.74, 6) is 0. The van der Waals surface area contributed by atoms with Gasteiger partial charge in [-0.05, 0) is 25.7 Å². The van der Waals surface area contributed by atoms with Gasteiger partial charge in [0.1, 0.15) is 6.17 Å². The third-order valence-electron chi connectivity index (χ3n) is 8.32. The normalized spacial score (nSPS) is 15.5. The van der Waals surface area contributed by atoms with Gasteiger partial charge in [-0.2, -0.15) is 0 Å². The summed E-state index contributed by atoms with van der Waals surface area (Å²) >= 11 is 0. The largest absolute Gasteiger partial charge is 0.356 e. The van der Waals surface area contributed by atoms with Crippen LogP contribution in [0.5, 0.6) is 0 Å². The van der Waals surface area contributed by atoms with Crippen molar-refractivity contribution in [1.82, 2.24) is 9.80 Å². The van der Waals surface area contributed by atoms with Crippen molar-refractivity contribution in [3.8, 4) is 0 Å². The predicted octanol–water partition coefficient (Wildman–Crippen LogP) is 11.6. The molecule has 0 aromatic carbocycles. The Labute approximate surface area is 229 Å². The van der Waals surface area contributed by atoms with E-state index in [-0.39, 0.29) is 0 Å². The number of hydrogen-bond acceptors (Lipinski definition) is 2. The molecule has 0 saturated carbocycles. The zero-order valence-electron chi connectivity index (χ0n) is 25.4. The fraction of sp³-hybridized carbons (Fsp3) is 0.941. The molecule has 0 aromatic heterocycles. The van der Waals surface area contributed by atoms with Gasteiger partial charge in [-0.15, -0.1) is 0 Å². The maximum atomic E-state index is 2.70. The summed E-state index contributed by atoms with van der Waals surface area (Å²) in [6.07, 6.45) is 42.5. The third kappa shape index (κ3) is 18.6. The topological polar surface area (TPSA) is 6.48 Å². The van der Waals surface area contributed by atoms with E-state index in [4.69, 9.17) is 0 Å². The zero-order valence-corrected chi connectivity index (χ0v) is 25.4. The van der Waals surface area contributed by atoms with E-state index in [1.165, 1.54) is 180 Å². The van der Waals surface area contributed by atoms with Gasteiger partial charge in [-0.1, -0.05) is 162 Å². The first kappa shape index (κ1) is 33.4. The second-order valence-corrected chi connectivity index (χ2v) is 11.8. The standard InChI is InChI=1S/C34H68N2/c1-4-7-10-13-15-17-18-19-20-22-25-28-31-36-33-32-35(30-27-24-12-9-6-3)34(36)29-26-23-21-16-14-11-8-5-2/h32-34H,4-31H2,1-3H3. The number of nitrogens with zero attached hydrogens (tertiary/aromatic N) is 2. The summed E-state index contributed by atoms with van der Waals surface area (Å²) < 4.78 is 0. The van der Waals surface area contributed by atoms with Crippen molar-refractivity contribution in [2.24, 2.45) is 0 Å². The van der Waals surface area contributed by atoms with Crippen molar-refractivity contribution in [2.45, 2.75) is 194 Å². The third-order valence-corrected chi connectivity index (χ3v) is 8.32. The van der Waals surface area contributed by atoms with Gasteiger partial charge in [0.2, 0.25) is 0 Å². The summed E-state index contributed by atoms with van der Waals surface area (Å²) in [6, 6.07) is 0. The first-order valence-corrected chi connectivity index (χ1v) is 17.0. The van der Waals surface area contributed by atoms with Crippen LogP contribution in [0.1, 0.15) is 188 Å². The molecule has 0 aliphatic carbocycles. The lowest BCUT2D eigenvalue weighted by Crippen LogP contribution is -2.39. The van der Waals surface area contributed by atoms with Crippen molar-refractivity contribution in [1.29, 1.82) is 0 Å². The molecule has 0 radical (unpaired) electrons. The van der Waals surface area contributed by atoms with Crippen LogP contribution in [0.25, 0.3) is 0 Å². The molecule has 0 aromatic rings. The van der Waals surface area contributed by atoms with E-state index in [9.17, 15) is 0 Å². The van der Waals surface area contributed by atoms with Gasteiger partial charge < -0.3 is 9.80 Å². The summed E-state index contributed by atoms with van der Waals surface area (Å²) in [5, 5.41) is 0. The molecule has 0 amide bonds. The molecular weight excluding hydrogens is 436 g/mol. The highest BCUT2D eigenvalue weighted by molar-refractivity contribution is 4.97. The summed E-state index contributed by atoms with van der Waals surface area (Å²) in [6.45, 7) is 9.46. The zero-order chi connectivity index (χ0) is 25.9. The van der Waals surface area contributed by atoms with E-state index in [1.54, 1.807) is 0 Å². The highest BCUT2D eigenvalue weighted by Gasteiger charge is 2.24. The van der Waals surface area contributed by atoms with E-state index in [1.807, 2.05) is 0 Å². The van der Waals surface area contributed by atoms with E-state index in [2.05, 4.69) is 43.0 Å². The molecule has 0 spiro atoms. The van der Waals surface area contributed by atoms with Crippen molar-refractivity contribution in [3.05, 3.63) is 12.4 Å². The Morgan fingerprint density at radius 1 is 0.361 bits per heavy atom. The Bertz CT molecular complexity index is 460. The highest BCUT2D eigenvalue weighted by atomic mass is 15.4. The highest BCUT2D eigenvalue weighted by Crippen LogP contribution is 2.24. The minimum absolute atomic E-state index is 0.643. The Morgan fingerprint density at radius 3 is 0.972 bits per heavy atom. The van der Waals surface area contributed by atoms with Crippen molar-refractivity contribution < 1.29 is 0 Å². The number of unbranched alkanes of at least 4 members (excludes halogenated alkanes) is 22. The van der Waals surface area contributed by atoms with Crippen LogP contribution in [0.3, 0.4) is 0 Å². The summed E-state index contributed by atoms with van der Waals surface area (Å²) in [5.41, 5.74) is 0. The molecule has 0 N–H and O–H groups in total. The minimum Gasteiger partial charge on any atom is -0.356 e. The SMILES string of the molecule is CCCCCCCCCCCCCCN1C=CN(CCCCCCC)C1CCCCCCCCCC. The lowest BCUT2D eigenvalue weighted by molar-refractivity contribution is 0.135. The number of hydrogen-bond donors (Lipinski definition) is 0.